The molecule has 1 aliphatic rings. The summed E-state index contributed by atoms with van der Waals surface area (Å²) in [6.45, 7) is 5.37. The predicted molar refractivity (Wildman–Crippen MR) is 56.2 cm³/mol. The van der Waals surface area contributed by atoms with E-state index in [-0.39, 0.29) is 17.8 Å². The van der Waals surface area contributed by atoms with Crippen molar-refractivity contribution >= 4 is 11.9 Å². The lowest BCUT2D eigenvalue weighted by Gasteiger charge is -2.31. The molecule has 1 fully saturated rings. The van der Waals surface area contributed by atoms with E-state index in [0.29, 0.717) is 19.6 Å². The first-order valence-electron chi connectivity index (χ1n) is 5.63. The Labute approximate surface area is 90.6 Å². The first kappa shape index (κ1) is 12.0. The van der Waals surface area contributed by atoms with Gasteiger partial charge in [-0.25, -0.2) is 0 Å². The monoisotopic (exact) mass is 213 g/mol. The van der Waals surface area contributed by atoms with Crippen molar-refractivity contribution < 1.29 is 14.3 Å². The van der Waals surface area contributed by atoms with Gasteiger partial charge >= 0.3 is 5.97 Å². The zero-order valence-electron chi connectivity index (χ0n) is 9.49. The van der Waals surface area contributed by atoms with Crippen LogP contribution in [0.25, 0.3) is 0 Å². The lowest BCUT2D eigenvalue weighted by molar-refractivity contribution is -0.151. The summed E-state index contributed by atoms with van der Waals surface area (Å²) >= 11 is 0. The van der Waals surface area contributed by atoms with Gasteiger partial charge < -0.3 is 9.64 Å². The number of rotatable bonds is 3. The molecular formula is C11H19NO3. The van der Waals surface area contributed by atoms with Crippen molar-refractivity contribution in [2.24, 2.45) is 5.92 Å². The van der Waals surface area contributed by atoms with Crippen LogP contribution < -0.4 is 0 Å². The molecule has 0 radical (unpaired) electrons. The highest BCUT2D eigenvalue weighted by molar-refractivity contribution is 5.78. The van der Waals surface area contributed by atoms with Gasteiger partial charge in [0.05, 0.1) is 12.5 Å². The Morgan fingerprint density at radius 2 is 2.13 bits per heavy atom. The summed E-state index contributed by atoms with van der Waals surface area (Å²) in [5.74, 6) is -0.149. The van der Waals surface area contributed by atoms with E-state index in [4.69, 9.17) is 4.74 Å². The first-order chi connectivity index (χ1) is 7.19. The minimum Gasteiger partial charge on any atom is -0.466 e. The van der Waals surface area contributed by atoms with Crippen molar-refractivity contribution in [1.82, 2.24) is 4.90 Å². The SMILES string of the molecule is CCOC(=O)[C@H]1CCCN(C(=O)CC)C1. The maximum atomic E-state index is 11.5. The molecule has 0 aromatic carbocycles. The highest BCUT2D eigenvalue weighted by Gasteiger charge is 2.28. The zero-order chi connectivity index (χ0) is 11.3. The maximum absolute atomic E-state index is 11.5. The number of esters is 1. The van der Waals surface area contributed by atoms with Gasteiger partial charge in [-0.15, -0.1) is 0 Å². The van der Waals surface area contributed by atoms with Gasteiger partial charge in [0.1, 0.15) is 0 Å². The third-order valence-corrected chi connectivity index (χ3v) is 2.70. The number of likely N-dealkylation sites (tertiary alicyclic amines) is 1. The lowest BCUT2D eigenvalue weighted by atomic mass is 9.98. The fraction of sp³-hybridized carbons (Fsp3) is 0.818. The smallest absolute Gasteiger partial charge is 0.310 e. The van der Waals surface area contributed by atoms with Gasteiger partial charge in [-0.3, -0.25) is 9.59 Å². The predicted octanol–water partition coefficient (Wildman–Crippen LogP) is 1.20. The van der Waals surface area contributed by atoms with Crippen LogP contribution in [0.1, 0.15) is 33.1 Å². The Kier molecular flexibility index (Phi) is 4.59. The van der Waals surface area contributed by atoms with Crippen molar-refractivity contribution in [3.8, 4) is 0 Å². The quantitative estimate of drug-likeness (QED) is 0.662. The molecule has 0 bridgehead atoms. The second kappa shape index (κ2) is 5.73. The van der Waals surface area contributed by atoms with Gasteiger partial charge in [0.2, 0.25) is 5.91 Å². The summed E-state index contributed by atoms with van der Waals surface area (Å²) in [5.41, 5.74) is 0. The molecule has 1 aliphatic heterocycles. The van der Waals surface area contributed by atoms with Crippen LogP contribution >= 0.6 is 0 Å². The van der Waals surface area contributed by atoms with Crippen LogP contribution in [0.5, 0.6) is 0 Å². The number of ether oxygens (including phenoxy) is 1. The molecular weight excluding hydrogens is 194 g/mol. The van der Waals surface area contributed by atoms with Crippen LogP contribution in [0.4, 0.5) is 0 Å². The number of carbonyl (C=O) groups excluding carboxylic acids is 2. The van der Waals surface area contributed by atoms with E-state index in [0.717, 1.165) is 19.4 Å². The van der Waals surface area contributed by atoms with E-state index in [1.165, 1.54) is 0 Å². The van der Waals surface area contributed by atoms with Gasteiger partial charge in [-0.05, 0) is 19.8 Å². The van der Waals surface area contributed by atoms with Crippen LogP contribution in [-0.2, 0) is 14.3 Å². The first-order valence-corrected chi connectivity index (χ1v) is 5.63. The average molecular weight is 213 g/mol. The summed E-state index contributed by atoms with van der Waals surface area (Å²) in [5, 5.41) is 0. The van der Waals surface area contributed by atoms with Crippen LogP contribution in [0.2, 0.25) is 0 Å². The number of piperidine rings is 1. The number of nitrogens with zero attached hydrogens (tertiary/aromatic N) is 1. The van der Waals surface area contributed by atoms with Crippen LogP contribution in [0.3, 0.4) is 0 Å². The second-order valence-electron chi connectivity index (χ2n) is 3.78. The molecule has 0 N–H and O–H groups in total. The highest BCUT2D eigenvalue weighted by Crippen LogP contribution is 2.18. The molecule has 0 saturated carbocycles. The van der Waals surface area contributed by atoms with Gasteiger partial charge in [-0.2, -0.15) is 0 Å². The van der Waals surface area contributed by atoms with E-state index in [9.17, 15) is 9.59 Å². The van der Waals surface area contributed by atoms with E-state index in [2.05, 4.69) is 0 Å². The van der Waals surface area contributed by atoms with Gasteiger partial charge in [-0.1, -0.05) is 6.92 Å². The van der Waals surface area contributed by atoms with Crippen molar-refractivity contribution in [3.05, 3.63) is 0 Å². The summed E-state index contributed by atoms with van der Waals surface area (Å²) in [6.07, 6.45) is 2.25. The fourth-order valence-electron chi connectivity index (χ4n) is 1.88. The maximum Gasteiger partial charge on any atom is 0.310 e. The number of hydrogen-bond donors (Lipinski definition) is 0. The van der Waals surface area contributed by atoms with E-state index < -0.39 is 0 Å². The molecule has 1 heterocycles. The van der Waals surface area contributed by atoms with E-state index in [1.54, 1.807) is 11.8 Å². The Balaban J connectivity index is 2.48. The number of carbonyl (C=O) groups is 2. The summed E-state index contributed by atoms with van der Waals surface area (Å²) in [6, 6.07) is 0. The minimum atomic E-state index is -0.161. The summed E-state index contributed by atoms with van der Waals surface area (Å²) < 4.78 is 4.97. The van der Waals surface area contributed by atoms with Crippen LogP contribution in [0.15, 0.2) is 0 Å². The molecule has 1 rings (SSSR count). The van der Waals surface area contributed by atoms with Gasteiger partial charge in [0.15, 0.2) is 0 Å². The molecule has 15 heavy (non-hydrogen) atoms. The van der Waals surface area contributed by atoms with Crippen molar-refractivity contribution in [3.63, 3.8) is 0 Å². The van der Waals surface area contributed by atoms with Gasteiger partial charge in [0.25, 0.3) is 0 Å². The van der Waals surface area contributed by atoms with E-state index in [1.807, 2.05) is 6.92 Å². The Hall–Kier alpha value is -1.06. The average Bonchev–Trinajstić information content (AvgIpc) is 2.28. The largest absolute Gasteiger partial charge is 0.466 e. The Morgan fingerprint density at radius 3 is 2.73 bits per heavy atom. The Bertz CT molecular complexity index is 240. The number of hydrogen-bond acceptors (Lipinski definition) is 3. The molecule has 1 atom stereocenters. The molecule has 1 saturated heterocycles. The molecule has 4 heteroatoms. The molecule has 0 spiro atoms. The third kappa shape index (κ3) is 3.22. The topological polar surface area (TPSA) is 46.6 Å². The normalized spacial score (nSPS) is 21.2. The lowest BCUT2D eigenvalue weighted by Crippen LogP contribution is -2.42. The zero-order valence-corrected chi connectivity index (χ0v) is 9.49. The van der Waals surface area contributed by atoms with E-state index >= 15 is 0 Å². The van der Waals surface area contributed by atoms with Crippen molar-refractivity contribution in [1.29, 1.82) is 0 Å². The molecule has 86 valence electrons. The molecule has 0 aromatic rings. The van der Waals surface area contributed by atoms with Gasteiger partial charge in [0, 0.05) is 19.5 Å². The summed E-state index contributed by atoms with van der Waals surface area (Å²) in [7, 11) is 0. The standard InChI is InChI=1S/C11H19NO3/c1-3-10(13)12-7-5-6-9(8-12)11(14)15-4-2/h9H,3-8H2,1-2H3/t9-/m0/s1. The molecule has 1 amide bonds. The number of amides is 1. The van der Waals surface area contributed by atoms with Crippen LogP contribution in [0, 0.1) is 5.92 Å². The van der Waals surface area contributed by atoms with Crippen LogP contribution in [-0.4, -0.2) is 36.5 Å². The Morgan fingerprint density at radius 1 is 1.40 bits per heavy atom. The highest BCUT2D eigenvalue weighted by atomic mass is 16.5. The molecule has 0 aromatic heterocycles. The molecule has 0 unspecified atom stereocenters. The van der Waals surface area contributed by atoms with Crippen molar-refractivity contribution in [2.45, 2.75) is 33.1 Å². The fourth-order valence-corrected chi connectivity index (χ4v) is 1.88. The second-order valence-corrected chi connectivity index (χ2v) is 3.78. The van der Waals surface area contributed by atoms with Crippen molar-refractivity contribution in [2.75, 3.05) is 19.7 Å². The minimum absolute atomic E-state index is 0.116. The molecule has 4 nitrogen and oxygen atoms in total. The molecule has 0 aliphatic carbocycles. The summed E-state index contributed by atoms with van der Waals surface area (Å²) in [4.78, 5) is 24.7. The third-order valence-electron chi connectivity index (χ3n) is 2.70.